The van der Waals surface area contributed by atoms with Crippen LogP contribution >= 0.6 is 11.6 Å². The van der Waals surface area contributed by atoms with Crippen molar-refractivity contribution >= 4 is 44.8 Å². The van der Waals surface area contributed by atoms with Gasteiger partial charge >= 0.3 is 0 Å². The van der Waals surface area contributed by atoms with Crippen LogP contribution in [0.3, 0.4) is 0 Å². The number of nitrogens with zero attached hydrogens (tertiary/aromatic N) is 3. The molecule has 5 nitrogen and oxygen atoms in total. The molecule has 1 N–H and O–H groups in total. The first-order chi connectivity index (χ1) is 17.6. The first kappa shape index (κ1) is 21.9. The Balaban J connectivity index is 1.27. The normalized spacial score (nSPS) is 11.1. The van der Waals surface area contributed by atoms with E-state index in [-0.39, 0.29) is 5.82 Å². The summed E-state index contributed by atoms with van der Waals surface area (Å²) in [6.45, 7) is 0. The molecule has 6 rings (SSSR count). The highest BCUT2D eigenvalue weighted by molar-refractivity contribution is 6.30. The predicted octanol–water partition coefficient (Wildman–Crippen LogP) is 8.17. The molecule has 2 aromatic heterocycles. The predicted molar refractivity (Wildman–Crippen MR) is 141 cm³/mol. The van der Waals surface area contributed by atoms with E-state index >= 15 is 0 Å². The number of aromatic nitrogens is 3. The molecule has 0 saturated carbocycles. The molecule has 0 spiro atoms. The molecule has 4 aromatic carbocycles. The lowest BCUT2D eigenvalue weighted by Crippen LogP contribution is -1.99. The molecule has 0 fully saturated rings. The quantitative estimate of drug-likeness (QED) is 0.263. The minimum absolute atomic E-state index is 0.334. The van der Waals surface area contributed by atoms with Gasteiger partial charge in [0.1, 0.15) is 23.0 Å². The van der Waals surface area contributed by atoms with E-state index in [1.165, 1.54) is 12.1 Å². The van der Waals surface area contributed by atoms with Crippen molar-refractivity contribution in [2.45, 2.75) is 0 Å². The van der Waals surface area contributed by atoms with Crippen LogP contribution in [0.25, 0.3) is 32.9 Å². The van der Waals surface area contributed by atoms with Gasteiger partial charge in [0.25, 0.3) is 0 Å². The molecule has 36 heavy (non-hydrogen) atoms. The Morgan fingerprint density at radius 2 is 1.53 bits per heavy atom. The summed E-state index contributed by atoms with van der Waals surface area (Å²) in [7, 11) is 0. The second-order valence-electron chi connectivity index (χ2n) is 8.17. The van der Waals surface area contributed by atoms with Gasteiger partial charge < -0.3 is 10.1 Å². The number of hydrogen-bond acceptors (Lipinski definition) is 5. The summed E-state index contributed by atoms with van der Waals surface area (Å²) in [5.74, 6) is 1.57. The van der Waals surface area contributed by atoms with Crippen LogP contribution in [-0.4, -0.2) is 15.2 Å². The minimum atomic E-state index is -0.334. The SMILES string of the molecule is Fc1ccc2c(Oc3ccc(Nc4nnc(-c5ccc(Cl)cc5)c5ccccc45)cc3)ccnc2c1. The molecule has 0 bridgehead atoms. The number of ether oxygens (including phenoxy) is 1. The summed E-state index contributed by atoms with van der Waals surface area (Å²) in [4.78, 5) is 4.21. The van der Waals surface area contributed by atoms with Gasteiger partial charge in [0, 0.05) is 44.7 Å². The fraction of sp³-hybridized carbons (Fsp3) is 0. The molecule has 0 aliphatic rings. The Hall–Kier alpha value is -4.55. The number of hydrogen-bond donors (Lipinski definition) is 1. The molecule has 0 aliphatic carbocycles. The summed E-state index contributed by atoms with van der Waals surface area (Å²) < 4.78 is 19.6. The number of benzene rings is 4. The van der Waals surface area contributed by atoms with Crippen LogP contribution < -0.4 is 10.1 Å². The Labute approximate surface area is 211 Å². The van der Waals surface area contributed by atoms with Crippen molar-refractivity contribution in [2.75, 3.05) is 5.32 Å². The van der Waals surface area contributed by atoms with Crippen LogP contribution in [0.1, 0.15) is 0 Å². The molecule has 0 unspecified atom stereocenters. The Kier molecular flexibility index (Phi) is 5.64. The van der Waals surface area contributed by atoms with E-state index in [1.54, 1.807) is 18.3 Å². The monoisotopic (exact) mass is 492 g/mol. The van der Waals surface area contributed by atoms with Crippen molar-refractivity contribution in [1.29, 1.82) is 0 Å². The lowest BCUT2D eigenvalue weighted by atomic mass is 10.0. The highest BCUT2D eigenvalue weighted by atomic mass is 35.5. The van der Waals surface area contributed by atoms with Crippen molar-refractivity contribution in [3.05, 3.63) is 114 Å². The highest BCUT2D eigenvalue weighted by Gasteiger charge is 2.12. The van der Waals surface area contributed by atoms with Gasteiger partial charge in [0.05, 0.1) is 5.52 Å². The smallest absolute Gasteiger partial charge is 0.161 e. The van der Waals surface area contributed by atoms with Crippen molar-refractivity contribution < 1.29 is 9.13 Å². The average Bonchev–Trinajstić information content (AvgIpc) is 2.90. The maximum absolute atomic E-state index is 13.5. The van der Waals surface area contributed by atoms with Crippen LogP contribution in [-0.2, 0) is 0 Å². The van der Waals surface area contributed by atoms with Gasteiger partial charge in [-0.05, 0) is 54.6 Å². The van der Waals surface area contributed by atoms with E-state index in [2.05, 4.69) is 20.5 Å². The first-order valence-corrected chi connectivity index (χ1v) is 11.6. The maximum atomic E-state index is 13.5. The standard InChI is InChI=1S/C29H18ClFN4O/c30-19-7-5-18(6-8-19)28-23-3-1-2-4-24(23)29(35-34-28)33-21-10-12-22(13-11-21)36-27-15-16-32-26-17-20(31)9-14-25(26)27/h1-17H,(H,33,35). The molecule has 6 aromatic rings. The van der Waals surface area contributed by atoms with E-state index in [9.17, 15) is 4.39 Å². The number of pyridine rings is 1. The largest absolute Gasteiger partial charge is 0.457 e. The van der Waals surface area contributed by atoms with Gasteiger partial charge in [-0.1, -0.05) is 48.0 Å². The lowest BCUT2D eigenvalue weighted by molar-refractivity contribution is 0.488. The molecular formula is C29H18ClFN4O. The third-order valence-electron chi connectivity index (χ3n) is 5.81. The number of rotatable bonds is 5. The van der Waals surface area contributed by atoms with Gasteiger partial charge in [-0.25, -0.2) is 4.39 Å². The van der Waals surface area contributed by atoms with E-state index < -0.39 is 0 Å². The van der Waals surface area contributed by atoms with Gasteiger partial charge in [-0.3, -0.25) is 4.98 Å². The molecule has 0 saturated heterocycles. The second kappa shape index (κ2) is 9.24. The molecule has 0 atom stereocenters. The molecule has 0 amide bonds. The molecule has 7 heteroatoms. The topological polar surface area (TPSA) is 59.9 Å². The number of halogens is 2. The molecule has 2 heterocycles. The van der Waals surface area contributed by atoms with Gasteiger partial charge in [0.15, 0.2) is 5.82 Å². The average molecular weight is 493 g/mol. The van der Waals surface area contributed by atoms with Gasteiger partial charge in [0.2, 0.25) is 0 Å². The van der Waals surface area contributed by atoms with Crippen molar-refractivity contribution in [3.8, 4) is 22.8 Å². The van der Waals surface area contributed by atoms with Gasteiger partial charge in [-0.15, -0.1) is 10.2 Å². The van der Waals surface area contributed by atoms with Crippen LogP contribution in [0.4, 0.5) is 15.9 Å². The van der Waals surface area contributed by atoms with Crippen LogP contribution in [0.15, 0.2) is 103 Å². The Morgan fingerprint density at radius 1 is 0.750 bits per heavy atom. The third-order valence-corrected chi connectivity index (χ3v) is 6.07. The summed E-state index contributed by atoms with van der Waals surface area (Å²) in [5, 5.41) is 15.7. The molecule has 174 valence electrons. The molecular weight excluding hydrogens is 475 g/mol. The minimum Gasteiger partial charge on any atom is -0.457 e. The van der Waals surface area contributed by atoms with Gasteiger partial charge in [-0.2, -0.15) is 0 Å². The fourth-order valence-electron chi connectivity index (χ4n) is 4.07. The second-order valence-corrected chi connectivity index (χ2v) is 8.61. The van der Waals surface area contributed by atoms with Crippen molar-refractivity contribution in [1.82, 2.24) is 15.2 Å². The molecule has 0 radical (unpaired) electrons. The van der Waals surface area contributed by atoms with Crippen LogP contribution in [0, 0.1) is 5.82 Å². The van der Waals surface area contributed by atoms with Crippen molar-refractivity contribution in [3.63, 3.8) is 0 Å². The summed E-state index contributed by atoms with van der Waals surface area (Å²) in [6, 6.07) is 29.3. The fourth-order valence-corrected chi connectivity index (χ4v) is 4.20. The van der Waals surface area contributed by atoms with E-state index in [1.807, 2.05) is 72.8 Å². The summed E-state index contributed by atoms with van der Waals surface area (Å²) in [5.41, 5.74) is 3.12. The zero-order chi connectivity index (χ0) is 24.5. The number of fused-ring (bicyclic) bond motifs is 2. The summed E-state index contributed by atoms with van der Waals surface area (Å²) >= 11 is 6.05. The van der Waals surface area contributed by atoms with Crippen molar-refractivity contribution in [2.24, 2.45) is 0 Å². The number of anilines is 2. The first-order valence-electron chi connectivity index (χ1n) is 11.2. The van der Waals surface area contributed by atoms with E-state index in [4.69, 9.17) is 16.3 Å². The van der Waals surface area contributed by atoms with Crippen LogP contribution in [0.5, 0.6) is 11.5 Å². The zero-order valence-electron chi connectivity index (χ0n) is 18.8. The van der Waals surface area contributed by atoms with E-state index in [0.717, 1.165) is 33.1 Å². The van der Waals surface area contributed by atoms with E-state index in [0.29, 0.717) is 27.9 Å². The maximum Gasteiger partial charge on any atom is 0.161 e. The van der Waals surface area contributed by atoms with Crippen LogP contribution in [0.2, 0.25) is 5.02 Å². The number of nitrogens with one attached hydrogen (secondary N) is 1. The highest BCUT2D eigenvalue weighted by Crippen LogP contribution is 2.33. The summed E-state index contributed by atoms with van der Waals surface area (Å²) in [6.07, 6.45) is 1.60. The Bertz CT molecular complexity index is 1710. The third kappa shape index (κ3) is 4.30. The zero-order valence-corrected chi connectivity index (χ0v) is 19.6. The lowest BCUT2D eigenvalue weighted by Gasteiger charge is -2.12. The molecule has 0 aliphatic heterocycles. The Morgan fingerprint density at radius 3 is 2.33 bits per heavy atom.